The van der Waals surface area contributed by atoms with Crippen LogP contribution in [0.3, 0.4) is 0 Å². The molecule has 1 aromatic carbocycles. The van der Waals surface area contributed by atoms with Crippen molar-refractivity contribution in [3.63, 3.8) is 0 Å². The van der Waals surface area contributed by atoms with Gasteiger partial charge in [0.2, 0.25) is 5.91 Å². The van der Waals surface area contributed by atoms with Crippen LogP contribution in [-0.2, 0) is 4.79 Å². The average molecular weight is 287 g/mol. The van der Waals surface area contributed by atoms with Gasteiger partial charge in [-0.2, -0.15) is 0 Å². The minimum Gasteiger partial charge on any atom is -0.497 e. The first-order valence-electron chi connectivity index (χ1n) is 7.83. The molecule has 0 spiro atoms. The van der Waals surface area contributed by atoms with E-state index in [-0.39, 0.29) is 22.7 Å². The number of fused-ring (bicyclic) bond motifs is 2. The first kappa shape index (κ1) is 14.4. The zero-order chi connectivity index (χ0) is 15.3. The molecule has 2 fully saturated rings. The van der Waals surface area contributed by atoms with Crippen LogP contribution in [0.4, 0.5) is 5.69 Å². The molecular formula is C18H25NO2. The van der Waals surface area contributed by atoms with E-state index in [1.807, 2.05) is 24.3 Å². The second kappa shape index (κ2) is 4.75. The van der Waals surface area contributed by atoms with Gasteiger partial charge in [-0.25, -0.2) is 0 Å². The van der Waals surface area contributed by atoms with Gasteiger partial charge < -0.3 is 10.1 Å². The Kier molecular flexibility index (Phi) is 3.27. The summed E-state index contributed by atoms with van der Waals surface area (Å²) in [6.45, 7) is 6.98. The van der Waals surface area contributed by atoms with Gasteiger partial charge in [0, 0.05) is 11.6 Å². The second-order valence-electron chi connectivity index (χ2n) is 7.38. The summed E-state index contributed by atoms with van der Waals surface area (Å²) in [6.07, 6.45) is 3.48. The number of rotatable bonds is 3. The average Bonchev–Trinajstić information content (AvgIpc) is 2.80. The minimum atomic E-state index is 0.133. The monoisotopic (exact) mass is 287 g/mol. The Morgan fingerprint density at radius 2 is 1.90 bits per heavy atom. The van der Waals surface area contributed by atoms with Crippen LogP contribution in [0.5, 0.6) is 5.75 Å². The Hall–Kier alpha value is -1.51. The Morgan fingerprint density at radius 3 is 2.38 bits per heavy atom. The maximum Gasteiger partial charge on any atom is 0.228 e. The third-order valence-corrected chi connectivity index (χ3v) is 6.47. The highest BCUT2D eigenvalue weighted by Gasteiger charge is 2.63. The maximum absolute atomic E-state index is 12.7. The van der Waals surface area contributed by atoms with E-state index in [0.29, 0.717) is 5.92 Å². The Bertz CT molecular complexity index is 549. The number of nitrogens with one attached hydrogen (secondary N) is 1. The summed E-state index contributed by atoms with van der Waals surface area (Å²) < 4.78 is 5.14. The fraction of sp³-hybridized carbons (Fsp3) is 0.611. The largest absolute Gasteiger partial charge is 0.497 e. The van der Waals surface area contributed by atoms with Crippen molar-refractivity contribution in [1.82, 2.24) is 0 Å². The highest BCUT2D eigenvalue weighted by atomic mass is 16.5. The summed E-state index contributed by atoms with van der Waals surface area (Å²) in [5.74, 6) is 1.81. The number of carbonyl (C=O) groups excluding carboxylic acids is 1. The SMILES string of the molecule is COc1ccc(NC(=O)C2CC3CCC2(C)C3(C)C)cc1. The summed E-state index contributed by atoms with van der Waals surface area (Å²) in [5, 5.41) is 3.09. The lowest BCUT2D eigenvalue weighted by Gasteiger charge is -2.38. The van der Waals surface area contributed by atoms with Crippen LogP contribution in [0.15, 0.2) is 24.3 Å². The number of benzene rings is 1. The Labute approximate surface area is 127 Å². The van der Waals surface area contributed by atoms with Crippen LogP contribution in [0.2, 0.25) is 0 Å². The van der Waals surface area contributed by atoms with Crippen molar-refractivity contribution in [3.8, 4) is 5.75 Å². The number of amides is 1. The van der Waals surface area contributed by atoms with E-state index in [4.69, 9.17) is 4.74 Å². The van der Waals surface area contributed by atoms with Crippen molar-refractivity contribution in [2.45, 2.75) is 40.0 Å². The standard InChI is InChI=1S/C18H25NO2/c1-17(2)12-9-10-18(17,3)15(11-12)16(20)19-13-5-7-14(21-4)8-6-13/h5-8,12,15H,9-11H2,1-4H3,(H,19,20). The highest BCUT2D eigenvalue weighted by molar-refractivity contribution is 5.93. The van der Waals surface area contributed by atoms with Crippen molar-refractivity contribution in [3.05, 3.63) is 24.3 Å². The molecule has 3 nitrogen and oxygen atoms in total. The predicted octanol–water partition coefficient (Wildman–Crippen LogP) is 4.10. The lowest BCUT2D eigenvalue weighted by Crippen LogP contribution is -2.38. The number of anilines is 1. The van der Waals surface area contributed by atoms with Gasteiger partial charge in [-0.05, 0) is 60.3 Å². The van der Waals surface area contributed by atoms with Gasteiger partial charge in [-0.1, -0.05) is 20.8 Å². The van der Waals surface area contributed by atoms with Crippen molar-refractivity contribution in [1.29, 1.82) is 0 Å². The van der Waals surface area contributed by atoms with Gasteiger partial charge in [0.15, 0.2) is 0 Å². The van der Waals surface area contributed by atoms with Crippen LogP contribution in [0, 0.1) is 22.7 Å². The topological polar surface area (TPSA) is 38.3 Å². The van der Waals surface area contributed by atoms with E-state index >= 15 is 0 Å². The summed E-state index contributed by atoms with van der Waals surface area (Å²) >= 11 is 0. The fourth-order valence-electron chi connectivity index (χ4n) is 4.50. The van der Waals surface area contributed by atoms with Gasteiger partial charge in [0.05, 0.1) is 7.11 Å². The zero-order valence-corrected chi connectivity index (χ0v) is 13.4. The van der Waals surface area contributed by atoms with Crippen molar-refractivity contribution >= 4 is 11.6 Å². The van der Waals surface area contributed by atoms with Crippen LogP contribution in [0.1, 0.15) is 40.0 Å². The lowest BCUT2D eigenvalue weighted by atomic mass is 9.66. The molecule has 114 valence electrons. The van der Waals surface area contributed by atoms with E-state index in [0.717, 1.165) is 17.9 Å². The molecule has 1 amide bonds. The lowest BCUT2D eigenvalue weighted by molar-refractivity contribution is -0.124. The maximum atomic E-state index is 12.7. The van der Waals surface area contributed by atoms with Crippen molar-refractivity contribution in [2.24, 2.45) is 22.7 Å². The molecule has 2 bridgehead atoms. The van der Waals surface area contributed by atoms with Gasteiger partial charge >= 0.3 is 0 Å². The van der Waals surface area contributed by atoms with E-state index in [2.05, 4.69) is 26.1 Å². The highest BCUT2D eigenvalue weighted by Crippen LogP contribution is 2.68. The molecular weight excluding hydrogens is 262 g/mol. The quantitative estimate of drug-likeness (QED) is 0.909. The molecule has 2 aliphatic carbocycles. The molecule has 2 saturated carbocycles. The first-order valence-corrected chi connectivity index (χ1v) is 7.83. The molecule has 1 N–H and O–H groups in total. The Morgan fingerprint density at radius 1 is 1.24 bits per heavy atom. The summed E-state index contributed by atoms with van der Waals surface area (Å²) in [7, 11) is 1.64. The molecule has 3 unspecified atom stereocenters. The van der Waals surface area contributed by atoms with Crippen LogP contribution >= 0.6 is 0 Å². The van der Waals surface area contributed by atoms with Gasteiger partial charge in [-0.15, -0.1) is 0 Å². The first-order chi connectivity index (χ1) is 9.88. The molecule has 2 aliphatic rings. The van der Waals surface area contributed by atoms with Gasteiger partial charge in [-0.3, -0.25) is 4.79 Å². The fourth-order valence-corrected chi connectivity index (χ4v) is 4.50. The molecule has 3 atom stereocenters. The number of hydrogen-bond acceptors (Lipinski definition) is 2. The third-order valence-electron chi connectivity index (χ3n) is 6.47. The molecule has 0 aromatic heterocycles. The summed E-state index contributed by atoms with van der Waals surface area (Å²) in [6, 6.07) is 7.55. The normalized spacial score (nSPS) is 33.0. The molecule has 0 heterocycles. The molecule has 1 aromatic rings. The molecule has 0 saturated heterocycles. The number of hydrogen-bond donors (Lipinski definition) is 1. The van der Waals surface area contributed by atoms with E-state index in [9.17, 15) is 4.79 Å². The predicted molar refractivity (Wildman–Crippen MR) is 84.3 cm³/mol. The zero-order valence-electron chi connectivity index (χ0n) is 13.4. The minimum absolute atomic E-state index is 0.133. The van der Waals surface area contributed by atoms with Crippen molar-refractivity contribution < 1.29 is 9.53 Å². The van der Waals surface area contributed by atoms with Crippen LogP contribution < -0.4 is 10.1 Å². The van der Waals surface area contributed by atoms with E-state index in [1.54, 1.807) is 7.11 Å². The molecule has 0 radical (unpaired) electrons. The molecule has 21 heavy (non-hydrogen) atoms. The third kappa shape index (κ3) is 2.05. The summed E-state index contributed by atoms with van der Waals surface area (Å²) in [4.78, 5) is 12.7. The van der Waals surface area contributed by atoms with Gasteiger partial charge in [0.1, 0.15) is 5.75 Å². The van der Waals surface area contributed by atoms with Crippen molar-refractivity contribution in [2.75, 3.05) is 12.4 Å². The molecule has 3 heteroatoms. The Balaban J connectivity index is 1.74. The number of carbonyl (C=O) groups is 1. The van der Waals surface area contributed by atoms with Crippen LogP contribution in [-0.4, -0.2) is 13.0 Å². The number of ether oxygens (including phenoxy) is 1. The van der Waals surface area contributed by atoms with Gasteiger partial charge in [0.25, 0.3) is 0 Å². The summed E-state index contributed by atoms with van der Waals surface area (Å²) in [5.41, 5.74) is 1.26. The number of methoxy groups -OCH3 is 1. The van der Waals surface area contributed by atoms with E-state index in [1.165, 1.54) is 12.8 Å². The van der Waals surface area contributed by atoms with E-state index < -0.39 is 0 Å². The molecule has 3 rings (SSSR count). The second-order valence-corrected chi connectivity index (χ2v) is 7.38. The smallest absolute Gasteiger partial charge is 0.228 e. The van der Waals surface area contributed by atoms with Crippen LogP contribution in [0.25, 0.3) is 0 Å². The molecule has 0 aliphatic heterocycles.